The average molecular weight is 385 g/mol. The summed E-state index contributed by atoms with van der Waals surface area (Å²) in [5.74, 6) is -4.84. The molecule has 3 rings (SSSR count). The second-order valence-electron chi connectivity index (χ2n) is 6.43. The fourth-order valence-electron chi connectivity index (χ4n) is 3.14. The van der Waals surface area contributed by atoms with Gasteiger partial charge in [-0.25, -0.2) is 21.6 Å². The molecule has 0 amide bonds. The summed E-state index contributed by atoms with van der Waals surface area (Å²) < 4.78 is 66.6. The lowest BCUT2D eigenvalue weighted by Crippen LogP contribution is -3.13. The molecule has 1 heterocycles. The summed E-state index contributed by atoms with van der Waals surface area (Å²) in [4.78, 5) is 0.398. The highest BCUT2D eigenvalue weighted by atomic mass is 32.2. The van der Waals surface area contributed by atoms with Gasteiger partial charge in [0.1, 0.15) is 11.4 Å². The molecule has 1 saturated heterocycles. The predicted molar refractivity (Wildman–Crippen MR) is 90.7 cm³/mol. The van der Waals surface area contributed by atoms with E-state index in [-0.39, 0.29) is 13.1 Å². The van der Waals surface area contributed by atoms with Gasteiger partial charge in [0, 0.05) is 5.56 Å². The lowest BCUT2D eigenvalue weighted by Gasteiger charge is -2.31. The van der Waals surface area contributed by atoms with Gasteiger partial charge < -0.3 is 4.90 Å². The maximum absolute atomic E-state index is 13.9. The molecule has 0 aromatic heterocycles. The molecule has 0 saturated carbocycles. The molecular formula is C18H20F3N2O2S+. The highest BCUT2D eigenvalue weighted by Gasteiger charge is 2.33. The minimum Gasteiger partial charge on any atom is -0.329 e. The van der Waals surface area contributed by atoms with E-state index < -0.39 is 32.4 Å². The average Bonchev–Trinajstić information content (AvgIpc) is 2.62. The van der Waals surface area contributed by atoms with Crippen LogP contribution in [0.3, 0.4) is 0 Å². The Morgan fingerprint density at radius 1 is 1.00 bits per heavy atom. The summed E-state index contributed by atoms with van der Waals surface area (Å²) >= 11 is 0. The molecule has 0 aliphatic carbocycles. The number of nitrogens with zero attached hydrogens (tertiary/aromatic N) is 1. The van der Waals surface area contributed by atoms with Crippen LogP contribution in [-0.2, 0) is 16.6 Å². The molecule has 0 unspecified atom stereocenters. The van der Waals surface area contributed by atoms with Gasteiger partial charge in [0.25, 0.3) is 0 Å². The number of nitrogens with one attached hydrogen (secondary N) is 1. The second-order valence-corrected chi connectivity index (χ2v) is 8.34. The van der Waals surface area contributed by atoms with Gasteiger partial charge in [0.2, 0.25) is 10.0 Å². The van der Waals surface area contributed by atoms with Crippen molar-refractivity contribution in [2.75, 3.05) is 26.2 Å². The molecule has 1 aliphatic heterocycles. The standard InChI is InChI=1S/C18H19F3N2O2S/c1-13-4-2-3-5-14(13)12-22-8-10-23(11-9-22)26(24,25)16-7-6-15(19)17(20)18(16)21/h2-7H,8-12H2,1H3/p+1. The molecule has 0 radical (unpaired) electrons. The zero-order chi connectivity index (χ0) is 18.9. The van der Waals surface area contributed by atoms with Crippen molar-refractivity contribution in [1.82, 2.24) is 4.31 Å². The van der Waals surface area contributed by atoms with Gasteiger partial charge in [-0.2, -0.15) is 4.31 Å². The van der Waals surface area contributed by atoms with E-state index in [9.17, 15) is 21.6 Å². The van der Waals surface area contributed by atoms with Crippen molar-refractivity contribution in [1.29, 1.82) is 0 Å². The highest BCUT2D eigenvalue weighted by Crippen LogP contribution is 2.23. The van der Waals surface area contributed by atoms with Crippen LogP contribution in [0.25, 0.3) is 0 Å². The topological polar surface area (TPSA) is 41.8 Å². The molecule has 8 heteroatoms. The first-order chi connectivity index (χ1) is 12.3. The predicted octanol–water partition coefficient (Wildman–Crippen LogP) is 1.50. The van der Waals surface area contributed by atoms with Gasteiger partial charge in [-0.05, 0) is 24.6 Å². The quantitative estimate of drug-likeness (QED) is 0.811. The van der Waals surface area contributed by atoms with Crippen molar-refractivity contribution >= 4 is 10.0 Å². The van der Waals surface area contributed by atoms with Gasteiger partial charge in [-0.3, -0.25) is 0 Å². The molecule has 0 spiro atoms. The van der Waals surface area contributed by atoms with Crippen LogP contribution in [0.15, 0.2) is 41.3 Å². The fraction of sp³-hybridized carbons (Fsp3) is 0.333. The number of piperazine rings is 1. The van der Waals surface area contributed by atoms with Gasteiger partial charge in [0.15, 0.2) is 17.5 Å². The van der Waals surface area contributed by atoms with E-state index in [0.29, 0.717) is 19.2 Å². The molecule has 2 aromatic carbocycles. The zero-order valence-corrected chi connectivity index (χ0v) is 15.1. The molecule has 4 nitrogen and oxygen atoms in total. The SMILES string of the molecule is Cc1ccccc1C[NH+]1CCN(S(=O)(=O)c2ccc(F)c(F)c2F)CC1. The van der Waals surface area contributed by atoms with E-state index in [1.54, 1.807) is 0 Å². The van der Waals surface area contributed by atoms with Crippen LogP contribution in [0, 0.1) is 24.4 Å². The van der Waals surface area contributed by atoms with Crippen LogP contribution < -0.4 is 4.90 Å². The Bertz CT molecular complexity index is 911. The molecule has 0 atom stereocenters. The Balaban J connectivity index is 1.71. The lowest BCUT2D eigenvalue weighted by molar-refractivity contribution is -0.917. The van der Waals surface area contributed by atoms with Crippen LogP contribution in [-0.4, -0.2) is 38.9 Å². The summed E-state index contributed by atoms with van der Waals surface area (Å²) in [5, 5.41) is 0. The zero-order valence-electron chi connectivity index (χ0n) is 14.3. The minimum absolute atomic E-state index is 0.196. The molecule has 1 aliphatic rings. The molecule has 26 heavy (non-hydrogen) atoms. The number of quaternary nitrogens is 1. The van der Waals surface area contributed by atoms with Gasteiger partial charge >= 0.3 is 0 Å². The van der Waals surface area contributed by atoms with Gasteiger partial charge in [-0.1, -0.05) is 24.3 Å². The number of aryl methyl sites for hydroxylation is 1. The fourth-order valence-corrected chi connectivity index (χ4v) is 4.64. The monoisotopic (exact) mass is 385 g/mol. The van der Waals surface area contributed by atoms with Crippen molar-refractivity contribution < 1.29 is 26.5 Å². The van der Waals surface area contributed by atoms with Crippen LogP contribution in [0.2, 0.25) is 0 Å². The Kier molecular flexibility index (Phi) is 5.36. The second kappa shape index (κ2) is 7.38. The summed E-state index contributed by atoms with van der Waals surface area (Å²) in [5.41, 5.74) is 2.38. The van der Waals surface area contributed by atoms with Crippen molar-refractivity contribution in [2.45, 2.75) is 18.4 Å². The van der Waals surface area contributed by atoms with Gasteiger partial charge in [-0.15, -0.1) is 0 Å². The van der Waals surface area contributed by atoms with E-state index in [2.05, 4.69) is 0 Å². The van der Waals surface area contributed by atoms with E-state index in [4.69, 9.17) is 0 Å². The van der Waals surface area contributed by atoms with Gasteiger partial charge in [0.05, 0.1) is 26.2 Å². The molecular weight excluding hydrogens is 365 g/mol. The van der Waals surface area contributed by atoms with E-state index in [0.717, 1.165) is 16.9 Å². The summed E-state index contributed by atoms with van der Waals surface area (Å²) in [6, 6.07) is 9.41. The molecule has 140 valence electrons. The minimum atomic E-state index is -4.20. The third-order valence-electron chi connectivity index (χ3n) is 4.75. The normalized spacial score (nSPS) is 16.8. The van der Waals surface area contributed by atoms with Crippen molar-refractivity contribution in [3.63, 3.8) is 0 Å². The first-order valence-electron chi connectivity index (χ1n) is 8.32. The number of rotatable bonds is 4. The third kappa shape index (κ3) is 3.62. The summed E-state index contributed by atoms with van der Waals surface area (Å²) in [7, 11) is -4.20. The molecule has 0 bridgehead atoms. The van der Waals surface area contributed by atoms with Crippen LogP contribution in [0.1, 0.15) is 11.1 Å². The molecule has 1 fully saturated rings. The first-order valence-corrected chi connectivity index (χ1v) is 9.76. The number of halogens is 3. The van der Waals surface area contributed by atoms with E-state index >= 15 is 0 Å². The third-order valence-corrected chi connectivity index (χ3v) is 6.66. The summed E-state index contributed by atoms with van der Waals surface area (Å²) in [6.07, 6.45) is 0. The Hall–Kier alpha value is -1.90. The largest absolute Gasteiger partial charge is 0.329 e. The van der Waals surface area contributed by atoms with Crippen LogP contribution >= 0.6 is 0 Å². The van der Waals surface area contributed by atoms with Crippen molar-refractivity contribution in [2.24, 2.45) is 0 Å². The number of hydrogen-bond donors (Lipinski definition) is 1. The maximum atomic E-state index is 13.9. The van der Waals surface area contributed by atoms with Crippen LogP contribution in [0.5, 0.6) is 0 Å². The highest BCUT2D eigenvalue weighted by molar-refractivity contribution is 7.89. The Morgan fingerprint density at radius 2 is 1.65 bits per heavy atom. The van der Waals surface area contributed by atoms with Crippen molar-refractivity contribution in [3.05, 3.63) is 65.0 Å². The number of sulfonamides is 1. The Labute approximate surface area is 150 Å². The molecule has 1 N–H and O–H groups in total. The smallest absolute Gasteiger partial charge is 0.246 e. The number of benzene rings is 2. The van der Waals surface area contributed by atoms with Crippen LogP contribution in [0.4, 0.5) is 13.2 Å². The molecule has 2 aromatic rings. The van der Waals surface area contributed by atoms with E-state index in [1.807, 2.05) is 31.2 Å². The van der Waals surface area contributed by atoms with Crippen molar-refractivity contribution in [3.8, 4) is 0 Å². The maximum Gasteiger partial charge on any atom is 0.246 e. The van der Waals surface area contributed by atoms with E-state index in [1.165, 1.54) is 16.0 Å². The lowest BCUT2D eigenvalue weighted by atomic mass is 10.1. The Morgan fingerprint density at radius 3 is 2.31 bits per heavy atom. The number of hydrogen-bond acceptors (Lipinski definition) is 2. The first kappa shape index (κ1) is 18.9. The summed E-state index contributed by atoms with van der Waals surface area (Å²) in [6.45, 7) is 4.31.